The maximum atomic E-state index is 12.8. The van der Waals surface area contributed by atoms with Crippen molar-refractivity contribution in [1.82, 2.24) is 15.2 Å². The average molecular weight is 418 g/mol. The molecule has 0 aliphatic heterocycles. The zero-order valence-electron chi connectivity index (χ0n) is 18.0. The number of carbonyl (C=O) groups is 1. The quantitative estimate of drug-likeness (QED) is 0.466. The molecule has 0 unspecified atom stereocenters. The Labute approximate surface area is 181 Å². The van der Waals surface area contributed by atoms with Crippen LogP contribution in [-0.2, 0) is 12.8 Å². The number of fused-ring (bicyclic) bond motifs is 1. The number of hydrogen-bond acceptors (Lipinski definition) is 5. The molecule has 0 bridgehead atoms. The molecule has 0 saturated carbocycles. The number of nitrogens with zero attached hydrogens (tertiary/aromatic N) is 3. The van der Waals surface area contributed by atoms with E-state index in [4.69, 9.17) is 9.47 Å². The predicted octanol–water partition coefficient (Wildman–Crippen LogP) is 3.92. The molecule has 2 aromatic carbocycles. The Morgan fingerprint density at radius 3 is 2.71 bits per heavy atom. The monoisotopic (exact) mass is 418 g/mol. The lowest BCUT2D eigenvalue weighted by Crippen LogP contribution is -2.20. The minimum absolute atomic E-state index is 0.0163. The van der Waals surface area contributed by atoms with Gasteiger partial charge in [0.05, 0.1) is 25.1 Å². The second-order valence-electron chi connectivity index (χ2n) is 7.65. The third-order valence-corrected chi connectivity index (χ3v) is 5.08. The zero-order valence-corrected chi connectivity index (χ0v) is 18.0. The van der Waals surface area contributed by atoms with Crippen molar-refractivity contribution in [3.8, 4) is 17.2 Å². The van der Waals surface area contributed by atoms with Gasteiger partial charge in [-0.3, -0.25) is 4.79 Å². The van der Waals surface area contributed by atoms with Crippen LogP contribution in [0.15, 0.2) is 53.6 Å². The van der Waals surface area contributed by atoms with Gasteiger partial charge >= 0.3 is 0 Å². The first-order chi connectivity index (χ1) is 15.1. The van der Waals surface area contributed by atoms with Crippen molar-refractivity contribution in [2.75, 3.05) is 7.11 Å². The lowest BCUT2D eigenvalue weighted by atomic mass is 10.2. The molecular formula is C24H26N4O3. The van der Waals surface area contributed by atoms with Crippen LogP contribution in [0.2, 0.25) is 0 Å². The van der Waals surface area contributed by atoms with Crippen molar-refractivity contribution in [2.24, 2.45) is 5.10 Å². The summed E-state index contributed by atoms with van der Waals surface area (Å²) in [6, 6.07) is 15.4. The molecule has 0 radical (unpaired) electrons. The Bertz CT molecular complexity index is 1100. The van der Waals surface area contributed by atoms with Crippen LogP contribution >= 0.6 is 0 Å². The van der Waals surface area contributed by atoms with Gasteiger partial charge < -0.3 is 9.47 Å². The van der Waals surface area contributed by atoms with Crippen molar-refractivity contribution in [3.05, 3.63) is 71.0 Å². The number of carbonyl (C=O) groups excluding carboxylic acids is 1. The summed E-state index contributed by atoms with van der Waals surface area (Å²) in [5.41, 5.74) is 6.91. The molecule has 0 fully saturated rings. The summed E-state index contributed by atoms with van der Waals surface area (Å²) in [5, 5.41) is 8.72. The van der Waals surface area contributed by atoms with E-state index in [1.165, 1.54) is 0 Å². The Balaban J connectivity index is 1.52. The van der Waals surface area contributed by atoms with E-state index in [1.54, 1.807) is 13.3 Å². The van der Waals surface area contributed by atoms with Gasteiger partial charge in [-0.15, -0.1) is 0 Å². The lowest BCUT2D eigenvalue weighted by molar-refractivity contribution is 0.0949. The molecule has 7 heteroatoms. The van der Waals surface area contributed by atoms with E-state index in [-0.39, 0.29) is 12.0 Å². The Hall–Kier alpha value is -3.61. The standard InChI is InChI=1S/C24H26N4O3/c1-16(2)31-22-14-17(12-13-21(22)30-3)15-25-26-24(29)23-19-10-7-11-20(19)28(27-23)18-8-5-4-6-9-18/h4-6,8-9,12-16H,7,10-11H2,1-3H3,(H,26,29)/b25-15+. The van der Waals surface area contributed by atoms with E-state index in [2.05, 4.69) is 15.6 Å². The van der Waals surface area contributed by atoms with Gasteiger partial charge in [-0.25, -0.2) is 10.1 Å². The van der Waals surface area contributed by atoms with Crippen LogP contribution in [0.25, 0.3) is 5.69 Å². The number of para-hydroxylation sites is 1. The van der Waals surface area contributed by atoms with Crippen LogP contribution in [0.5, 0.6) is 11.5 Å². The van der Waals surface area contributed by atoms with Gasteiger partial charge in [-0.2, -0.15) is 10.2 Å². The van der Waals surface area contributed by atoms with Gasteiger partial charge in [0.25, 0.3) is 5.91 Å². The fourth-order valence-corrected chi connectivity index (χ4v) is 3.74. The minimum atomic E-state index is -0.309. The molecule has 31 heavy (non-hydrogen) atoms. The smallest absolute Gasteiger partial charge is 0.292 e. The first-order valence-corrected chi connectivity index (χ1v) is 10.4. The van der Waals surface area contributed by atoms with Gasteiger partial charge in [0, 0.05) is 11.3 Å². The first-order valence-electron chi connectivity index (χ1n) is 10.4. The van der Waals surface area contributed by atoms with Crippen molar-refractivity contribution in [2.45, 2.75) is 39.2 Å². The lowest BCUT2D eigenvalue weighted by Gasteiger charge is -2.13. The molecule has 1 aliphatic rings. The number of hydrogen-bond donors (Lipinski definition) is 1. The first kappa shape index (κ1) is 20.7. The zero-order chi connectivity index (χ0) is 21.8. The average Bonchev–Trinajstić information content (AvgIpc) is 3.37. The normalized spacial score (nSPS) is 12.9. The van der Waals surface area contributed by atoms with Crippen LogP contribution in [0.3, 0.4) is 0 Å². The SMILES string of the molecule is COc1ccc(/C=N/NC(=O)c2nn(-c3ccccc3)c3c2CCC3)cc1OC(C)C. The Kier molecular flexibility index (Phi) is 6.02. The number of hydrazone groups is 1. The molecule has 1 N–H and O–H groups in total. The van der Waals surface area contributed by atoms with E-state index in [0.29, 0.717) is 17.2 Å². The van der Waals surface area contributed by atoms with Crippen LogP contribution < -0.4 is 14.9 Å². The van der Waals surface area contributed by atoms with Gasteiger partial charge in [-0.1, -0.05) is 18.2 Å². The Morgan fingerprint density at radius 1 is 1.16 bits per heavy atom. The van der Waals surface area contributed by atoms with Crippen LogP contribution in [-0.4, -0.2) is 35.1 Å². The maximum absolute atomic E-state index is 12.8. The molecule has 1 heterocycles. The third kappa shape index (κ3) is 4.45. The fourth-order valence-electron chi connectivity index (χ4n) is 3.74. The number of methoxy groups -OCH3 is 1. The molecule has 1 aliphatic carbocycles. The highest BCUT2D eigenvalue weighted by atomic mass is 16.5. The number of rotatable bonds is 7. The van der Waals surface area contributed by atoms with E-state index < -0.39 is 0 Å². The number of nitrogens with one attached hydrogen (secondary N) is 1. The van der Waals surface area contributed by atoms with E-state index in [1.807, 2.05) is 67.1 Å². The molecular weight excluding hydrogens is 392 g/mol. The summed E-state index contributed by atoms with van der Waals surface area (Å²) < 4.78 is 13.0. The van der Waals surface area contributed by atoms with Gasteiger partial charge in [0.2, 0.25) is 0 Å². The predicted molar refractivity (Wildman–Crippen MR) is 119 cm³/mol. The molecule has 4 rings (SSSR count). The number of benzene rings is 2. The van der Waals surface area contributed by atoms with E-state index in [9.17, 15) is 4.79 Å². The van der Waals surface area contributed by atoms with Crippen molar-refractivity contribution >= 4 is 12.1 Å². The number of aromatic nitrogens is 2. The molecule has 3 aromatic rings. The van der Waals surface area contributed by atoms with Gasteiger partial charge in [-0.05, 0) is 69.0 Å². The fraction of sp³-hybridized carbons (Fsp3) is 0.292. The summed E-state index contributed by atoms with van der Waals surface area (Å²) in [4.78, 5) is 12.8. The van der Waals surface area contributed by atoms with Gasteiger partial charge in [0.1, 0.15) is 0 Å². The number of amides is 1. The third-order valence-electron chi connectivity index (χ3n) is 5.08. The second-order valence-corrected chi connectivity index (χ2v) is 7.65. The molecule has 1 amide bonds. The summed E-state index contributed by atoms with van der Waals surface area (Å²) >= 11 is 0. The van der Waals surface area contributed by atoms with Crippen LogP contribution in [0, 0.1) is 0 Å². The topological polar surface area (TPSA) is 77.7 Å². The minimum Gasteiger partial charge on any atom is -0.493 e. The molecule has 0 spiro atoms. The summed E-state index contributed by atoms with van der Waals surface area (Å²) in [6.07, 6.45) is 4.39. The maximum Gasteiger partial charge on any atom is 0.292 e. The molecule has 1 aromatic heterocycles. The van der Waals surface area contributed by atoms with Crippen molar-refractivity contribution < 1.29 is 14.3 Å². The molecule has 160 valence electrons. The van der Waals surface area contributed by atoms with E-state index >= 15 is 0 Å². The van der Waals surface area contributed by atoms with Gasteiger partial charge in [0.15, 0.2) is 17.2 Å². The summed E-state index contributed by atoms with van der Waals surface area (Å²) in [6.45, 7) is 3.90. The molecule has 0 atom stereocenters. The highest BCUT2D eigenvalue weighted by Crippen LogP contribution is 2.29. The highest BCUT2D eigenvalue weighted by molar-refractivity contribution is 5.95. The van der Waals surface area contributed by atoms with Crippen molar-refractivity contribution in [1.29, 1.82) is 0 Å². The van der Waals surface area contributed by atoms with E-state index in [0.717, 1.165) is 41.8 Å². The molecule has 7 nitrogen and oxygen atoms in total. The van der Waals surface area contributed by atoms with Crippen LogP contribution in [0.4, 0.5) is 0 Å². The Morgan fingerprint density at radius 2 is 1.97 bits per heavy atom. The largest absolute Gasteiger partial charge is 0.493 e. The van der Waals surface area contributed by atoms with Crippen molar-refractivity contribution in [3.63, 3.8) is 0 Å². The number of ether oxygens (including phenoxy) is 2. The molecule has 0 saturated heterocycles. The second kappa shape index (κ2) is 9.04. The summed E-state index contributed by atoms with van der Waals surface area (Å²) in [7, 11) is 1.60. The summed E-state index contributed by atoms with van der Waals surface area (Å²) in [5.74, 6) is 0.973. The van der Waals surface area contributed by atoms with Crippen LogP contribution in [0.1, 0.15) is 47.6 Å². The highest BCUT2D eigenvalue weighted by Gasteiger charge is 2.26.